The maximum Gasteiger partial charge on any atom is 0.402 e. The van der Waals surface area contributed by atoms with Crippen LogP contribution in [0.3, 0.4) is 0 Å². The molecule has 1 aromatic heterocycles. The molecule has 0 unspecified atom stereocenters. The minimum Gasteiger partial charge on any atom is -0.465 e. The summed E-state index contributed by atoms with van der Waals surface area (Å²) in [5.74, 6) is -0.0977. The van der Waals surface area contributed by atoms with E-state index in [1.807, 2.05) is 29.7 Å². The van der Waals surface area contributed by atoms with Crippen molar-refractivity contribution in [2.75, 3.05) is 0 Å². The Bertz CT molecular complexity index is 645. The lowest BCUT2D eigenvalue weighted by molar-refractivity contribution is 0.0986. The molecule has 0 saturated heterocycles. The standard InChI is InChI=1S/C13H17N3O.CH3NO2/c1-3-4-8-16-10-7-5-6-9(2)11(10)15-13(16)12(14)17;2-1(3)4/h5-7H,3-4,8H2,1-2H3,(H2,14,17);2H2,(H,3,4). The van der Waals surface area contributed by atoms with Crippen molar-refractivity contribution in [3.63, 3.8) is 0 Å². The molecule has 0 radical (unpaired) electrons. The molecule has 0 bridgehead atoms. The predicted molar refractivity (Wildman–Crippen MR) is 80.1 cm³/mol. The average molecular weight is 292 g/mol. The number of unbranched alkanes of at least 4 members (excludes halogenated alkanes) is 1. The van der Waals surface area contributed by atoms with Crippen LogP contribution in [0.25, 0.3) is 11.0 Å². The van der Waals surface area contributed by atoms with E-state index in [0.29, 0.717) is 5.82 Å². The first-order chi connectivity index (χ1) is 9.88. The molecule has 114 valence electrons. The third-order valence-corrected chi connectivity index (χ3v) is 2.94. The highest BCUT2D eigenvalue weighted by Crippen LogP contribution is 2.20. The van der Waals surface area contributed by atoms with Crippen LogP contribution in [0.5, 0.6) is 0 Å². The van der Waals surface area contributed by atoms with Crippen molar-refractivity contribution in [3.05, 3.63) is 29.6 Å². The molecule has 2 rings (SSSR count). The van der Waals surface area contributed by atoms with Crippen LogP contribution in [0, 0.1) is 6.92 Å². The fourth-order valence-corrected chi connectivity index (χ4v) is 2.02. The van der Waals surface area contributed by atoms with Crippen molar-refractivity contribution < 1.29 is 14.7 Å². The first-order valence-corrected chi connectivity index (χ1v) is 6.62. The van der Waals surface area contributed by atoms with E-state index >= 15 is 0 Å². The van der Waals surface area contributed by atoms with Crippen molar-refractivity contribution in [1.82, 2.24) is 9.55 Å². The van der Waals surface area contributed by atoms with E-state index in [2.05, 4.69) is 17.6 Å². The van der Waals surface area contributed by atoms with Crippen LogP contribution in [0.1, 0.15) is 35.9 Å². The van der Waals surface area contributed by atoms with Gasteiger partial charge in [0, 0.05) is 6.54 Å². The molecule has 0 spiro atoms. The quantitative estimate of drug-likeness (QED) is 0.795. The Labute approximate surface area is 122 Å². The summed E-state index contributed by atoms with van der Waals surface area (Å²) in [7, 11) is 0. The summed E-state index contributed by atoms with van der Waals surface area (Å²) in [4.78, 5) is 24.5. The molecule has 1 heterocycles. The molecule has 21 heavy (non-hydrogen) atoms. The van der Waals surface area contributed by atoms with Gasteiger partial charge < -0.3 is 21.1 Å². The summed E-state index contributed by atoms with van der Waals surface area (Å²) in [5.41, 5.74) is 12.3. The Morgan fingerprint density at radius 2 is 1.95 bits per heavy atom. The number of nitrogens with two attached hydrogens (primary N) is 2. The molecule has 0 aliphatic rings. The van der Waals surface area contributed by atoms with Crippen molar-refractivity contribution >= 4 is 23.0 Å². The van der Waals surface area contributed by atoms with Gasteiger partial charge in [-0.1, -0.05) is 25.5 Å². The van der Waals surface area contributed by atoms with Gasteiger partial charge in [0.1, 0.15) is 0 Å². The minimum absolute atomic E-state index is 0.364. The van der Waals surface area contributed by atoms with E-state index < -0.39 is 12.0 Å². The van der Waals surface area contributed by atoms with Gasteiger partial charge in [-0.15, -0.1) is 0 Å². The van der Waals surface area contributed by atoms with Crippen LogP contribution in [0.2, 0.25) is 0 Å². The van der Waals surface area contributed by atoms with Crippen LogP contribution in [0.15, 0.2) is 18.2 Å². The number of nitrogens with zero attached hydrogens (tertiary/aromatic N) is 2. The number of carboxylic acid groups (broad SMARTS) is 1. The van der Waals surface area contributed by atoms with Crippen LogP contribution < -0.4 is 11.5 Å². The number of carbonyl (C=O) groups is 2. The van der Waals surface area contributed by atoms with Gasteiger partial charge in [-0.05, 0) is 25.0 Å². The summed E-state index contributed by atoms with van der Waals surface area (Å²) in [6, 6.07) is 5.95. The first-order valence-electron chi connectivity index (χ1n) is 6.62. The third kappa shape index (κ3) is 4.20. The number of rotatable bonds is 4. The number of primary amides is 2. The third-order valence-electron chi connectivity index (χ3n) is 2.94. The number of aromatic nitrogens is 2. The van der Waals surface area contributed by atoms with Gasteiger partial charge in [0.25, 0.3) is 5.91 Å². The Morgan fingerprint density at radius 3 is 2.48 bits per heavy atom. The Hall–Kier alpha value is -2.57. The van der Waals surface area contributed by atoms with Gasteiger partial charge in [0.15, 0.2) is 5.82 Å². The molecule has 7 nitrogen and oxygen atoms in total. The van der Waals surface area contributed by atoms with E-state index in [1.54, 1.807) is 0 Å². The van der Waals surface area contributed by atoms with Crippen LogP contribution in [-0.4, -0.2) is 26.7 Å². The van der Waals surface area contributed by atoms with Crippen LogP contribution in [-0.2, 0) is 6.54 Å². The molecule has 5 N–H and O–H groups in total. The SMILES string of the molecule is CCCCn1c(C(N)=O)nc2c(C)cccc21.NC(=O)O. The molecular weight excluding hydrogens is 272 g/mol. The van der Waals surface area contributed by atoms with Gasteiger partial charge in [0.05, 0.1) is 11.0 Å². The fourth-order valence-electron chi connectivity index (χ4n) is 2.02. The monoisotopic (exact) mass is 292 g/mol. The van der Waals surface area contributed by atoms with Gasteiger partial charge in [-0.25, -0.2) is 9.78 Å². The smallest absolute Gasteiger partial charge is 0.402 e. The van der Waals surface area contributed by atoms with Gasteiger partial charge in [0.2, 0.25) is 0 Å². The maximum atomic E-state index is 11.4. The van der Waals surface area contributed by atoms with E-state index in [-0.39, 0.29) is 0 Å². The molecule has 0 atom stereocenters. The molecule has 0 aliphatic heterocycles. The second-order valence-electron chi connectivity index (χ2n) is 4.59. The number of aryl methyl sites for hydroxylation is 2. The minimum atomic E-state index is -1.33. The average Bonchev–Trinajstić information content (AvgIpc) is 2.76. The molecule has 2 amide bonds. The largest absolute Gasteiger partial charge is 0.465 e. The highest BCUT2D eigenvalue weighted by Gasteiger charge is 2.15. The number of fused-ring (bicyclic) bond motifs is 1. The van der Waals surface area contributed by atoms with Crippen molar-refractivity contribution in [1.29, 1.82) is 0 Å². The summed E-state index contributed by atoms with van der Waals surface area (Å²) in [5, 5.41) is 7.19. The topological polar surface area (TPSA) is 124 Å². The second-order valence-corrected chi connectivity index (χ2v) is 4.59. The molecule has 0 aliphatic carbocycles. The van der Waals surface area contributed by atoms with Gasteiger partial charge in [-0.2, -0.15) is 0 Å². The van der Waals surface area contributed by atoms with Gasteiger partial charge >= 0.3 is 6.09 Å². The first kappa shape index (κ1) is 16.5. The molecule has 0 saturated carbocycles. The van der Waals surface area contributed by atoms with Crippen LogP contribution >= 0.6 is 0 Å². The van der Waals surface area contributed by atoms with Crippen LogP contribution in [0.4, 0.5) is 4.79 Å². The summed E-state index contributed by atoms with van der Waals surface area (Å²) >= 11 is 0. The number of imidazole rings is 1. The highest BCUT2D eigenvalue weighted by molar-refractivity contribution is 5.94. The molecular formula is C14H20N4O3. The Balaban J connectivity index is 0.000000491. The highest BCUT2D eigenvalue weighted by atomic mass is 16.4. The summed E-state index contributed by atoms with van der Waals surface area (Å²) in [6.45, 7) is 4.90. The normalized spacial score (nSPS) is 10.0. The number of hydrogen-bond acceptors (Lipinski definition) is 3. The molecule has 0 fully saturated rings. The summed E-state index contributed by atoms with van der Waals surface area (Å²) in [6.07, 6.45) is 0.753. The van der Waals surface area contributed by atoms with E-state index in [1.165, 1.54) is 0 Å². The predicted octanol–water partition coefficient (Wildman–Crippen LogP) is 1.87. The van der Waals surface area contributed by atoms with E-state index in [0.717, 1.165) is 36.0 Å². The zero-order chi connectivity index (χ0) is 16.0. The second kappa shape index (κ2) is 7.28. The lowest BCUT2D eigenvalue weighted by Gasteiger charge is -2.05. The van der Waals surface area contributed by atoms with Crippen molar-refractivity contribution in [2.24, 2.45) is 11.5 Å². The van der Waals surface area contributed by atoms with E-state index in [4.69, 9.17) is 15.6 Å². The molecule has 7 heteroatoms. The Morgan fingerprint density at radius 1 is 1.33 bits per heavy atom. The summed E-state index contributed by atoms with van der Waals surface area (Å²) < 4.78 is 1.92. The Kier molecular flexibility index (Phi) is 5.71. The van der Waals surface area contributed by atoms with Gasteiger partial charge in [-0.3, -0.25) is 4.79 Å². The number of carbonyl (C=O) groups excluding carboxylic acids is 1. The lowest BCUT2D eigenvalue weighted by Crippen LogP contribution is -2.18. The van der Waals surface area contributed by atoms with Crippen molar-refractivity contribution in [3.8, 4) is 0 Å². The number of hydrogen-bond donors (Lipinski definition) is 3. The zero-order valence-electron chi connectivity index (χ0n) is 12.2. The number of para-hydroxylation sites is 1. The lowest BCUT2D eigenvalue weighted by atomic mass is 10.2. The number of amides is 2. The zero-order valence-corrected chi connectivity index (χ0v) is 12.2. The van der Waals surface area contributed by atoms with Crippen molar-refractivity contribution in [2.45, 2.75) is 33.2 Å². The fraction of sp³-hybridized carbons (Fsp3) is 0.357. The molecule has 2 aromatic rings. The van der Waals surface area contributed by atoms with E-state index in [9.17, 15) is 4.79 Å². The maximum absolute atomic E-state index is 11.4. The molecule has 1 aromatic carbocycles. The number of benzene rings is 1.